The third kappa shape index (κ3) is 13.7. The molecular formula is C30H51ClN4O5. The third-order valence-electron chi connectivity index (χ3n) is 6.30. The highest BCUT2D eigenvalue weighted by molar-refractivity contribution is 6.30. The second kappa shape index (κ2) is 18.0. The van der Waals surface area contributed by atoms with Gasteiger partial charge in [-0.05, 0) is 65.2 Å². The molecule has 2 aliphatic rings. The zero-order chi connectivity index (χ0) is 30.3. The summed E-state index contributed by atoms with van der Waals surface area (Å²) in [4.78, 5) is 38.3. The largest absolute Gasteiger partial charge is 0.508 e. The Bertz CT molecular complexity index is 923. The van der Waals surface area contributed by atoms with Crippen molar-refractivity contribution >= 4 is 29.5 Å². The van der Waals surface area contributed by atoms with Crippen LogP contribution in [0.1, 0.15) is 86.1 Å². The summed E-state index contributed by atoms with van der Waals surface area (Å²) < 4.78 is 5.28. The van der Waals surface area contributed by atoms with E-state index in [9.17, 15) is 19.5 Å². The van der Waals surface area contributed by atoms with E-state index in [1.54, 1.807) is 37.8 Å². The number of amides is 3. The normalized spacial score (nSPS) is 16.5. The molecule has 1 aromatic carbocycles. The van der Waals surface area contributed by atoms with Gasteiger partial charge in [0, 0.05) is 49.6 Å². The number of nitrogens with one attached hydrogen (secondary N) is 3. The van der Waals surface area contributed by atoms with Gasteiger partial charge < -0.3 is 30.7 Å². The van der Waals surface area contributed by atoms with Crippen LogP contribution in [0, 0.1) is 5.92 Å². The fourth-order valence-corrected chi connectivity index (χ4v) is 4.62. The number of benzene rings is 1. The van der Waals surface area contributed by atoms with E-state index in [2.05, 4.69) is 16.0 Å². The van der Waals surface area contributed by atoms with Crippen LogP contribution >= 0.6 is 11.6 Å². The molecular weight excluding hydrogens is 532 g/mol. The summed E-state index contributed by atoms with van der Waals surface area (Å²) >= 11 is 5.86. The first-order valence-electron chi connectivity index (χ1n) is 14.6. The predicted molar refractivity (Wildman–Crippen MR) is 161 cm³/mol. The maximum Gasteiger partial charge on any atom is 0.408 e. The molecule has 0 radical (unpaired) electrons. The standard InChI is InChI=1S/C18H26ClN3O4.C10H19NO.C2H6/c1-18(2,3)26-17(25)21-14(16(24)22-8-6-20-7-9-22)10-12-4-5-13(19)11-15(12)23;1-8(2)11-10(12)9-6-4-3-5-7-9;1-2/h4-5,11,14,20,23H,6-10H2,1-3H3,(H,21,25);8-9H,3-7H2,1-2H3,(H,11,12);1-2H3. The lowest BCUT2D eigenvalue weighted by molar-refractivity contribution is -0.134. The van der Waals surface area contributed by atoms with Crippen LogP contribution in [-0.4, -0.2) is 71.8 Å². The zero-order valence-corrected chi connectivity index (χ0v) is 26.2. The summed E-state index contributed by atoms with van der Waals surface area (Å²) in [5.41, 5.74) is -0.145. The summed E-state index contributed by atoms with van der Waals surface area (Å²) in [7, 11) is 0. The number of carbonyl (C=O) groups excluding carboxylic acids is 3. The van der Waals surface area contributed by atoms with Gasteiger partial charge in [0.15, 0.2) is 0 Å². The van der Waals surface area contributed by atoms with Crippen molar-refractivity contribution in [1.29, 1.82) is 0 Å². The van der Waals surface area contributed by atoms with Gasteiger partial charge in [-0.2, -0.15) is 0 Å². The molecule has 1 unspecified atom stereocenters. The first-order chi connectivity index (χ1) is 18.9. The second-order valence-corrected chi connectivity index (χ2v) is 11.7. The van der Waals surface area contributed by atoms with Gasteiger partial charge >= 0.3 is 6.09 Å². The Morgan fingerprint density at radius 3 is 2.20 bits per heavy atom. The number of ether oxygens (including phenoxy) is 1. The van der Waals surface area contributed by atoms with Crippen LogP contribution in [-0.2, 0) is 20.7 Å². The Kier molecular flexibility index (Phi) is 16.0. The predicted octanol–water partition coefficient (Wildman–Crippen LogP) is 5.03. The molecule has 1 saturated carbocycles. The molecule has 1 aromatic rings. The van der Waals surface area contributed by atoms with Crippen LogP contribution in [0.15, 0.2) is 18.2 Å². The highest BCUT2D eigenvalue weighted by Gasteiger charge is 2.29. The van der Waals surface area contributed by atoms with Crippen molar-refractivity contribution in [3.05, 3.63) is 28.8 Å². The summed E-state index contributed by atoms with van der Waals surface area (Å²) in [6.07, 6.45) is 5.44. The molecule has 10 heteroatoms. The minimum Gasteiger partial charge on any atom is -0.508 e. The van der Waals surface area contributed by atoms with Crippen molar-refractivity contribution in [3.8, 4) is 5.75 Å². The highest BCUT2D eigenvalue weighted by Crippen LogP contribution is 2.24. The van der Waals surface area contributed by atoms with Gasteiger partial charge in [-0.1, -0.05) is 50.8 Å². The van der Waals surface area contributed by atoms with E-state index >= 15 is 0 Å². The van der Waals surface area contributed by atoms with Gasteiger partial charge in [-0.15, -0.1) is 0 Å². The average molecular weight is 583 g/mol. The monoisotopic (exact) mass is 582 g/mol. The Morgan fingerprint density at radius 2 is 1.68 bits per heavy atom. The lowest BCUT2D eigenvalue weighted by atomic mass is 9.88. The van der Waals surface area contributed by atoms with E-state index in [-0.39, 0.29) is 24.0 Å². The Morgan fingerprint density at radius 1 is 1.07 bits per heavy atom. The van der Waals surface area contributed by atoms with Crippen LogP contribution in [0.5, 0.6) is 5.75 Å². The summed E-state index contributed by atoms with van der Waals surface area (Å²) in [5, 5.41) is 19.3. The van der Waals surface area contributed by atoms with Crippen molar-refractivity contribution in [2.24, 2.45) is 5.92 Å². The van der Waals surface area contributed by atoms with Crippen molar-refractivity contribution in [2.75, 3.05) is 26.2 Å². The number of nitrogens with zero attached hydrogens (tertiary/aromatic N) is 1. The fraction of sp³-hybridized carbons (Fsp3) is 0.700. The second-order valence-electron chi connectivity index (χ2n) is 11.2. The van der Waals surface area contributed by atoms with Crippen LogP contribution in [0.4, 0.5) is 4.79 Å². The first-order valence-corrected chi connectivity index (χ1v) is 15.0. The van der Waals surface area contributed by atoms with Crippen molar-refractivity contribution in [2.45, 2.75) is 105 Å². The van der Waals surface area contributed by atoms with E-state index in [0.717, 1.165) is 12.8 Å². The quantitative estimate of drug-likeness (QED) is 0.373. The molecule has 1 aliphatic carbocycles. The van der Waals surface area contributed by atoms with E-state index in [1.165, 1.54) is 25.3 Å². The average Bonchev–Trinajstić information content (AvgIpc) is 2.90. The van der Waals surface area contributed by atoms with Gasteiger partial charge in [0.25, 0.3) is 0 Å². The van der Waals surface area contributed by atoms with Gasteiger partial charge in [0.1, 0.15) is 17.4 Å². The number of phenols is 1. The van der Waals surface area contributed by atoms with Crippen molar-refractivity contribution < 1.29 is 24.2 Å². The number of alkyl carbamates (subject to hydrolysis) is 1. The molecule has 1 aliphatic heterocycles. The van der Waals surface area contributed by atoms with Crippen LogP contribution in [0.2, 0.25) is 5.02 Å². The van der Waals surface area contributed by atoms with E-state index in [4.69, 9.17) is 16.3 Å². The summed E-state index contributed by atoms with van der Waals surface area (Å²) in [5.74, 6) is 0.360. The molecule has 40 heavy (non-hydrogen) atoms. The third-order valence-corrected chi connectivity index (χ3v) is 6.53. The molecule has 2 fully saturated rings. The molecule has 0 aromatic heterocycles. The zero-order valence-electron chi connectivity index (χ0n) is 25.4. The number of carbonyl (C=O) groups is 3. The van der Waals surface area contributed by atoms with Gasteiger partial charge in [-0.3, -0.25) is 9.59 Å². The van der Waals surface area contributed by atoms with Gasteiger partial charge in [0.2, 0.25) is 11.8 Å². The smallest absolute Gasteiger partial charge is 0.408 e. The van der Waals surface area contributed by atoms with E-state index < -0.39 is 17.7 Å². The Balaban J connectivity index is 0.000000477. The summed E-state index contributed by atoms with van der Waals surface area (Å²) in [6.45, 7) is 15.8. The summed E-state index contributed by atoms with van der Waals surface area (Å²) in [6, 6.07) is 4.15. The number of phenolic OH excluding ortho intramolecular Hbond substituents is 1. The number of aromatic hydroxyl groups is 1. The molecule has 0 bridgehead atoms. The van der Waals surface area contributed by atoms with E-state index in [1.807, 2.05) is 27.7 Å². The van der Waals surface area contributed by atoms with E-state index in [0.29, 0.717) is 48.7 Å². The molecule has 1 saturated heterocycles. The SMILES string of the molecule is CC.CC(C)(C)OC(=O)NC(Cc1ccc(Cl)cc1O)C(=O)N1CCNCC1.CC(C)NC(=O)C1CCCCC1. The maximum absolute atomic E-state index is 12.9. The molecule has 9 nitrogen and oxygen atoms in total. The Hall–Kier alpha value is -2.52. The molecule has 1 atom stereocenters. The molecule has 1 heterocycles. The Labute approximate surface area is 245 Å². The minimum absolute atomic E-state index is 0.0124. The fourth-order valence-electron chi connectivity index (χ4n) is 4.45. The molecule has 228 valence electrons. The molecule has 3 amide bonds. The van der Waals surface area contributed by atoms with Crippen LogP contribution < -0.4 is 16.0 Å². The minimum atomic E-state index is -0.838. The first kappa shape index (κ1) is 35.5. The lowest BCUT2D eigenvalue weighted by Crippen LogP contribution is -2.55. The van der Waals surface area contributed by atoms with Crippen molar-refractivity contribution in [1.82, 2.24) is 20.9 Å². The van der Waals surface area contributed by atoms with Crippen LogP contribution in [0.25, 0.3) is 0 Å². The molecule has 3 rings (SSSR count). The number of halogens is 1. The van der Waals surface area contributed by atoms with Gasteiger partial charge in [0.05, 0.1) is 0 Å². The van der Waals surface area contributed by atoms with Gasteiger partial charge in [-0.25, -0.2) is 4.79 Å². The number of rotatable bonds is 6. The topological polar surface area (TPSA) is 120 Å². The molecule has 0 spiro atoms. The lowest BCUT2D eigenvalue weighted by Gasteiger charge is -2.31. The highest BCUT2D eigenvalue weighted by atomic mass is 35.5. The maximum atomic E-state index is 12.9. The number of hydrogen-bond acceptors (Lipinski definition) is 6. The van der Waals surface area contributed by atoms with Crippen LogP contribution in [0.3, 0.4) is 0 Å². The molecule has 4 N–H and O–H groups in total. The van der Waals surface area contributed by atoms with Crippen molar-refractivity contribution in [3.63, 3.8) is 0 Å². The number of piperazine rings is 1. The number of hydrogen-bond donors (Lipinski definition) is 4.